The van der Waals surface area contributed by atoms with Crippen molar-refractivity contribution in [1.82, 2.24) is 24.6 Å². The Hall–Kier alpha value is -2.94. The quantitative estimate of drug-likeness (QED) is 0.485. The summed E-state index contributed by atoms with van der Waals surface area (Å²) in [6.45, 7) is 8.39. The molecule has 0 atom stereocenters. The van der Waals surface area contributed by atoms with Crippen LogP contribution in [0.5, 0.6) is 0 Å². The third-order valence-corrected chi connectivity index (χ3v) is 6.75. The van der Waals surface area contributed by atoms with Gasteiger partial charge in [-0.3, -0.25) is 4.79 Å². The molecule has 0 radical (unpaired) electrons. The van der Waals surface area contributed by atoms with Crippen LogP contribution < -0.4 is 11.0 Å². The first kappa shape index (κ1) is 26.1. The number of carbonyl (C=O) groups excluding carboxylic acids is 1. The van der Waals surface area contributed by atoms with E-state index in [4.69, 9.17) is 11.6 Å². The molecular formula is C27H34ClN5O3. The predicted molar refractivity (Wildman–Crippen MR) is 141 cm³/mol. The van der Waals surface area contributed by atoms with E-state index in [9.17, 15) is 14.7 Å². The number of likely N-dealkylation sites (tertiary alicyclic amines) is 1. The fourth-order valence-electron chi connectivity index (χ4n) is 4.43. The van der Waals surface area contributed by atoms with Crippen molar-refractivity contribution in [3.05, 3.63) is 75.4 Å². The third-order valence-electron chi connectivity index (χ3n) is 6.51. The molecule has 1 aliphatic heterocycles. The minimum atomic E-state index is -0.547. The lowest BCUT2D eigenvalue weighted by Gasteiger charge is -2.35. The maximum Gasteiger partial charge on any atom is 0.355 e. The van der Waals surface area contributed by atoms with Crippen molar-refractivity contribution < 1.29 is 9.90 Å². The van der Waals surface area contributed by atoms with Crippen LogP contribution in [-0.4, -0.2) is 61.5 Å². The number of rotatable bonds is 8. The van der Waals surface area contributed by atoms with Gasteiger partial charge in [0.05, 0.1) is 23.4 Å². The summed E-state index contributed by atoms with van der Waals surface area (Å²) in [7, 11) is 0. The van der Waals surface area contributed by atoms with Gasteiger partial charge >= 0.3 is 5.69 Å². The van der Waals surface area contributed by atoms with Gasteiger partial charge in [0.1, 0.15) is 5.82 Å². The van der Waals surface area contributed by atoms with Gasteiger partial charge in [0, 0.05) is 30.7 Å². The summed E-state index contributed by atoms with van der Waals surface area (Å²) in [6, 6.07) is 14.7. The fraction of sp³-hybridized carbons (Fsp3) is 0.444. The second-order valence-corrected chi connectivity index (χ2v) is 10.5. The topological polar surface area (TPSA) is 92.4 Å². The molecule has 2 N–H and O–H groups in total. The summed E-state index contributed by atoms with van der Waals surface area (Å²) < 4.78 is 2.76. The van der Waals surface area contributed by atoms with E-state index >= 15 is 0 Å². The number of carbonyl (C=O) groups is 1. The SMILES string of the molecule is CC(C)NC(=O)Cc1nn(-c2ccc(CCN3CCC(C)(O)CC3)cc2)c(=O)n1-c1cccc(Cl)c1. The maximum absolute atomic E-state index is 13.4. The van der Waals surface area contributed by atoms with Crippen LogP contribution in [0.1, 0.15) is 45.0 Å². The Bertz CT molecular complexity index is 1250. The molecule has 9 heteroatoms. The zero-order valence-corrected chi connectivity index (χ0v) is 21.8. The minimum Gasteiger partial charge on any atom is -0.390 e. The van der Waals surface area contributed by atoms with Gasteiger partial charge < -0.3 is 15.3 Å². The molecule has 2 heterocycles. The number of aliphatic hydroxyl groups is 1. The first-order valence-electron chi connectivity index (χ1n) is 12.4. The van der Waals surface area contributed by atoms with Gasteiger partial charge in [-0.1, -0.05) is 29.8 Å². The fourth-order valence-corrected chi connectivity index (χ4v) is 4.62. The van der Waals surface area contributed by atoms with Crippen LogP contribution in [-0.2, 0) is 17.6 Å². The lowest BCUT2D eigenvalue weighted by Crippen LogP contribution is -2.43. The van der Waals surface area contributed by atoms with Crippen molar-refractivity contribution in [3.8, 4) is 11.4 Å². The van der Waals surface area contributed by atoms with Gasteiger partial charge in [-0.2, -0.15) is 4.68 Å². The lowest BCUT2D eigenvalue weighted by atomic mass is 9.93. The normalized spacial score (nSPS) is 15.8. The van der Waals surface area contributed by atoms with E-state index < -0.39 is 5.60 Å². The average Bonchev–Trinajstić information content (AvgIpc) is 3.13. The van der Waals surface area contributed by atoms with Gasteiger partial charge in [0.25, 0.3) is 0 Å². The van der Waals surface area contributed by atoms with Crippen LogP contribution in [0.25, 0.3) is 11.4 Å². The molecule has 0 aliphatic carbocycles. The largest absolute Gasteiger partial charge is 0.390 e. The van der Waals surface area contributed by atoms with Crippen LogP contribution in [0.15, 0.2) is 53.3 Å². The Morgan fingerprint density at radius 2 is 1.83 bits per heavy atom. The molecular weight excluding hydrogens is 478 g/mol. The highest BCUT2D eigenvalue weighted by Crippen LogP contribution is 2.21. The van der Waals surface area contributed by atoms with Crippen LogP contribution in [0.4, 0.5) is 0 Å². The standard InChI is InChI=1S/C27H34ClN5O3/c1-19(2)29-25(34)18-24-30-33(26(35)32(24)23-6-4-5-21(28)17-23)22-9-7-20(8-10-22)11-14-31-15-12-27(3,36)13-16-31/h4-10,17,19,36H,11-16,18H2,1-3H3,(H,29,34). The monoisotopic (exact) mass is 511 g/mol. The van der Waals surface area contributed by atoms with Crippen LogP contribution >= 0.6 is 11.6 Å². The third kappa shape index (κ3) is 6.43. The highest BCUT2D eigenvalue weighted by Gasteiger charge is 2.27. The molecule has 1 aliphatic rings. The molecule has 0 unspecified atom stereocenters. The molecule has 2 aromatic carbocycles. The first-order chi connectivity index (χ1) is 17.1. The number of benzene rings is 2. The number of aromatic nitrogens is 3. The summed E-state index contributed by atoms with van der Waals surface area (Å²) in [5, 5.41) is 18.0. The van der Waals surface area contributed by atoms with Gasteiger partial charge in [-0.05, 0) is 75.9 Å². The van der Waals surface area contributed by atoms with Crippen molar-refractivity contribution in [2.75, 3.05) is 19.6 Å². The molecule has 0 spiro atoms. The van der Waals surface area contributed by atoms with Gasteiger partial charge in [0.2, 0.25) is 5.91 Å². The van der Waals surface area contributed by atoms with Crippen molar-refractivity contribution in [2.45, 2.75) is 58.1 Å². The zero-order chi connectivity index (χ0) is 25.9. The summed E-state index contributed by atoms with van der Waals surface area (Å²) in [5.41, 5.74) is 1.44. The lowest BCUT2D eigenvalue weighted by molar-refractivity contribution is -0.121. The van der Waals surface area contributed by atoms with Crippen LogP contribution in [0.2, 0.25) is 5.02 Å². The second kappa shape index (κ2) is 11.0. The van der Waals surface area contributed by atoms with Crippen molar-refractivity contribution >= 4 is 17.5 Å². The Labute approximate surface area is 216 Å². The maximum atomic E-state index is 13.4. The van der Waals surface area contributed by atoms with E-state index in [1.165, 1.54) is 9.25 Å². The molecule has 1 saturated heterocycles. The Morgan fingerprint density at radius 3 is 2.47 bits per heavy atom. The number of halogens is 1. The summed E-state index contributed by atoms with van der Waals surface area (Å²) in [5.74, 6) is 0.130. The summed E-state index contributed by atoms with van der Waals surface area (Å²) in [6.07, 6.45) is 2.44. The number of nitrogens with zero attached hydrogens (tertiary/aromatic N) is 4. The molecule has 36 heavy (non-hydrogen) atoms. The predicted octanol–water partition coefficient (Wildman–Crippen LogP) is 3.13. The molecule has 0 saturated carbocycles. The van der Waals surface area contributed by atoms with Crippen LogP contribution in [0.3, 0.4) is 0 Å². The first-order valence-corrected chi connectivity index (χ1v) is 12.8. The molecule has 3 aromatic rings. The van der Waals surface area contributed by atoms with Gasteiger partial charge in [0.15, 0.2) is 0 Å². The van der Waals surface area contributed by atoms with Gasteiger partial charge in [-0.25, -0.2) is 9.36 Å². The Balaban J connectivity index is 1.55. The molecule has 4 rings (SSSR count). The highest BCUT2D eigenvalue weighted by atomic mass is 35.5. The highest BCUT2D eigenvalue weighted by molar-refractivity contribution is 6.30. The second-order valence-electron chi connectivity index (χ2n) is 10.1. The number of hydrogen-bond donors (Lipinski definition) is 2. The van der Waals surface area contributed by atoms with E-state index in [2.05, 4.69) is 15.3 Å². The zero-order valence-electron chi connectivity index (χ0n) is 21.1. The van der Waals surface area contributed by atoms with E-state index in [0.717, 1.165) is 44.5 Å². The minimum absolute atomic E-state index is 0.0171. The molecule has 192 valence electrons. The van der Waals surface area contributed by atoms with Crippen molar-refractivity contribution in [1.29, 1.82) is 0 Å². The summed E-state index contributed by atoms with van der Waals surface area (Å²) in [4.78, 5) is 28.3. The Kier molecular flexibility index (Phi) is 7.97. The average molecular weight is 512 g/mol. The number of nitrogens with one attached hydrogen (secondary N) is 1. The molecule has 1 aromatic heterocycles. The molecule has 1 amide bonds. The molecule has 0 bridgehead atoms. The van der Waals surface area contributed by atoms with Gasteiger partial charge in [-0.15, -0.1) is 5.10 Å². The van der Waals surface area contributed by atoms with Crippen molar-refractivity contribution in [3.63, 3.8) is 0 Å². The smallest absolute Gasteiger partial charge is 0.355 e. The van der Waals surface area contributed by atoms with E-state index in [1.54, 1.807) is 24.3 Å². The number of piperidine rings is 1. The van der Waals surface area contributed by atoms with Crippen molar-refractivity contribution in [2.24, 2.45) is 0 Å². The van der Waals surface area contributed by atoms with Crippen LogP contribution in [0, 0.1) is 0 Å². The number of hydrogen-bond acceptors (Lipinski definition) is 5. The molecule has 8 nitrogen and oxygen atoms in total. The van der Waals surface area contributed by atoms with E-state index in [-0.39, 0.29) is 24.1 Å². The summed E-state index contributed by atoms with van der Waals surface area (Å²) >= 11 is 6.18. The van der Waals surface area contributed by atoms with E-state index in [1.807, 2.05) is 45.0 Å². The Morgan fingerprint density at radius 1 is 1.14 bits per heavy atom. The van der Waals surface area contributed by atoms with E-state index in [0.29, 0.717) is 22.2 Å². The number of amides is 1. The molecule has 1 fully saturated rings.